The van der Waals surface area contributed by atoms with Gasteiger partial charge < -0.3 is 11.1 Å². The highest BCUT2D eigenvalue weighted by Gasteiger charge is 2.32. The maximum atomic E-state index is 12.2. The van der Waals surface area contributed by atoms with Gasteiger partial charge in [0.2, 0.25) is 0 Å². The van der Waals surface area contributed by atoms with Crippen molar-refractivity contribution in [2.24, 2.45) is 5.73 Å². The summed E-state index contributed by atoms with van der Waals surface area (Å²) in [5.74, 6) is 0.357. The lowest BCUT2D eigenvalue weighted by atomic mass is 10.1. The topological polar surface area (TPSA) is 72.9 Å². The second kappa shape index (κ2) is 5.46. The lowest BCUT2D eigenvalue weighted by Gasteiger charge is -2.09. The van der Waals surface area contributed by atoms with Gasteiger partial charge in [0.1, 0.15) is 0 Å². The summed E-state index contributed by atoms with van der Waals surface area (Å²) in [6.07, 6.45) is 3.90. The minimum atomic E-state index is -0.0838. The Balaban J connectivity index is 1.96. The van der Waals surface area contributed by atoms with Crippen molar-refractivity contribution in [3.05, 3.63) is 47.8 Å². The number of carbonyl (C=O) groups excluding carboxylic acids is 1. The zero-order valence-electron chi connectivity index (χ0n) is 11.2. The van der Waals surface area contributed by atoms with Crippen molar-refractivity contribution < 1.29 is 4.79 Å². The number of benzene rings is 1. The predicted molar refractivity (Wildman–Crippen MR) is 76.9 cm³/mol. The van der Waals surface area contributed by atoms with Crippen LogP contribution in [0, 0.1) is 0 Å². The zero-order chi connectivity index (χ0) is 13.9. The number of nitrogens with zero attached hydrogens (tertiary/aromatic N) is 2. The third-order valence-electron chi connectivity index (χ3n) is 3.45. The summed E-state index contributed by atoms with van der Waals surface area (Å²) in [5, 5.41) is 7.22. The molecule has 0 atom stereocenters. The van der Waals surface area contributed by atoms with Crippen molar-refractivity contribution in [2.75, 3.05) is 13.1 Å². The first-order valence-electron chi connectivity index (χ1n) is 6.93. The van der Waals surface area contributed by atoms with Gasteiger partial charge in [0, 0.05) is 19.0 Å². The van der Waals surface area contributed by atoms with Gasteiger partial charge in [-0.3, -0.25) is 4.79 Å². The van der Waals surface area contributed by atoms with E-state index in [1.165, 1.54) is 0 Å². The van der Waals surface area contributed by atoms with Crippen LogP contribution in [-0.2, 0) is 0 Å². The van der Waals surface area contributed by atoms with Crippen LogP contribution in [0.2, 0.25) is 0 Å². The highest BCUT2D eigenvalue weighted by Crippen LogP contribution is 2.42. The van der Waals surface area contributed by atoms with Gasteiger partial charge in [0.15, 0.2) is 0 Å². The maximum Gasteiger partial charge on any atom is 0.254 e. The summed E-state index contributed by atoms with van der Waals surface area (Å²) < 4.78 is 1.88. The summed E-state index contributed by atoms with van der Waals surface area (Å²) in [6, 6.07) is 9.92. The van der Waals surface area contributed by atoms with E-state index in [1.54, 1.807) is 6.20 Å². The Morgan fingerprint density at radius 2 is 2.10 bits per heavy atom. The monoisotopic (exact) mass is 270 g/mol. The second-order valence-corrected chi connectivity index (χ2v) is 5.01. The Kier molecular flexibility index (Phi) is 3.52. The molecule has 1 aromatic carbocycles. The Bertz CT molecular complexity index is 602. The molecule has 1 aliphatic rings. The van der Waals surface area contributed by atoms with Crippen LogP contribution in [-0.4, -0.2) is 28.8 Å². The predicted octanol–water partition coefficient (Wildman–Crippen LogP) is 1.44. The maximum absolute atomic E-state index is 12.2. The molecule has 1 aromatic heterocycles. The fraction of sp³-hybridized carbons (Fsp3) is 0.333. The molecule has 1 aliphatic carbocycles. The Labute approximate surface area is 117 Å². The zero-order valence-corrected chi connectivity index (χ0v) is 11.2. The van der Waals surface area contributed by atoms with Gasteiger partial charge in [-0.1, -0.05) is 18.2 Å². The van der Waals surface area contributed by atoms with Gasteiger partial charge in [-0.2, -0.15) is 5.10 Å². The molecular formula is C15H18N4O. The van der Waals surface area contributed by atoms with Gasteiger partial charge in [-0.05, 0) is 25.0 Å². The Hall–Kier alpha value is -2.14. The molecule has 3 rings (SSSR count). The van der Waals surface area contributed by atoms with Gasteiger partial charge >= 0.3 is 0 Å². The molecule has 0 radical (unpaired) electrons. The first-order valence-corrected chi connectivity index (χ1v) is 6.93. The lowest BCUT2D eigenvalue weighted by Crippen LogP contribution is -2.29. The van der Waals surface area contributed by atoms with Crippen LogP contribution in [0.25, 0.3) is 5.69 Å². The van der Waals surface area contributed by atoms with Crippen LogP contribution in [0.3, 0.4) is 0 Å². The number of hydrogen-bond donors (Lipinski definition) is 2. The van der Waals surface area contributed by atoms with Gasteiger partial charge in [-0.25, -0.2) is 4.68 Å². The number of amides is 1. The molecule has 5 nitrogen and oxygen atoms in total. The molecule has 0 aliphatic heterocycles. The second-order valence-electron chi connectivity index (χ2n) is 5.01. The first-order chi connectivity index (χ1) is 9.81. The summed E-state index contributed by atoms with van der Waals surface area (Å²) in [7, 11) is 0. The molecule has 1 heterocycles. The van der Waals surface area contributed by atoms with E-state index in [1.807, 2.05) is 35.0 Å². The molecule has 104 valence electrons. The van der Waals surface area contributed by atoms with Gasteiger partial charge in [0.25, 0.3) is 5.91 Å². The normalized spacial score (nSPS) is 14.2. The summed E-state index contributed by atoms with van der Waals surface area (Å²) in [4.78, 5) is 12.2. The molecule has 5 heteroatoms. The van der Waals surface area contributed by atoms with E-state index >= 15 is 0 Å². The highest BCUT2D eigenvalue weighted by atomic mass is 16.1. The summed E-state index contributed by atoms with van der Waals surface area (Å²) >= 11 is 0. The van der Waals surface area contributed by atoms with Gasteiger partial charge in [-0.15, -0.1) is 0 Å². The molecule has 0 bridgehead atoms. The van der Waals surface area contributed by atoms with E-state index in [9.17, 15) is 4.79 Å². The average Bonchev–Trinajstić information content (AvgIpc) is 3.24. The third kappa shape index (κ3) is 2.44. The van der Waals surface area contributed by atoms with E-state index in [4.69, 9.17) is 5.73 Å². The van der Waals surface area contributed by atoms with E-state index in [2.05, 4.69) is 10.4 Å². The average molecular weight is 270 g/mol. The van der Waals surface area contributed by atoms with Gasteiger partial charge in [0.05, 0.1) is 23.1 Å². The van der Waals surface area contributed by atoms with E-state index in [-0.39, 0.29) is 5.91 Å². The van der Waals surface area contributed by atoms with Crippen molar-refractivity contribution >= 4 is 5.91 Å². The number of para-hydroxylation sites is 1. The van der Waals surface area contributed by atoms with Crippen molar-refractivity contribution in [3.8, 4) is 5.69 Å². The van der Waals surface area contributed by atoms with Crippen molar-refractivity contribution in [1.82, 2.24) is 15.1 Å². The number of nitrogens with two attached hydrogens (primary N) is 1. The summed E-state index contributed by atoms with van der Waals surface area (Å²) in [5.41, 5.74) is 8.11. The number of carbonyl (C=O) groups is 1. The van der Waals surface area contributed by atoms with Crippen LogP contribution in [0.4, 0.5) is 0 Å². The molecule has 2 aromatic rings. The number of rotatable bonds is 5. The van der Waals surface area contributed by atoms with E-state index in [0.717, 1.165) is 24.2 Å². The molecule has 20 heavy (non-hydrogen) atoms. The van der Waals surface area contributed by atoms with Crippen LogP contribution < -0.4 is 11.1 Å². The number of hydrogen-bond acceptors (Lipinski definition) is 3. The van der Waals surface area contributed by atoms with E-state index in [0.29, 0.717) is 24.6 Å². The fourth-order valence-electron chi connectivity index (χ4n) is 2.34. The van der Waals surface area contributed by atoms with Crippen LogP contribution in [0.15, 0.2) is 36.5 Å². The molecule has 1 fully saturated rings. The Morgan fingerprint density at radius 1 is 1.35 bits per heavy atom. The molecule has 0 saturated heterocycles. The van der Waals surface area contributed by atoms with Crippen LogP contribution in [0.5, 0.6) is 0 Å². The van der Waals surface area contributed by atoms with E-state index < -0.39 is 0 Å². The minimum absolute atomic E-state index is 0.0838. The number of aromatic nitrogens is 2. The van der Waals surface area contributed by atoms with Crippen molar-refractivity contribution in [2.45, 2.75) is 18.8 Å². The molecule has 1 saturated carbocycles. The standard InChI is InChI=1S/C15H18N4O/c16-8-9-17-15(20)13-10-18-19(14(13)11-6-7-11)12-4-2-1-3-5-12/h1-5,10-11H,6-9,16H2,(H,17,20). The largest absolute Gasteiger partial charge is 0.351 e. The molecule has 3 N–H and O–H groups in total. The van der Waals surface area contributed by atoms with Crippen molar-refractivity contribution in [1.29, 1.82) is 0 Å². The Morgan fingerprint density at radius 3 is 2.75 bits per heavy atom. The molecule has 0 unspecified atom stereocenters. The van der Waals surface area contributed by atoms with Crippen LogP contribution in [0.1, 0.15) is 34.8 Å². The smallest absolute Gasteiger partial charge is 0.254 e. The lowest BCUT2D eigenvalue weighted by molar-refractivity contribution is 0.0953. The summed E-state index contributed by atoms with van der Waals surface area (Å²) in [6.45, 7) is 0.927. The number of nitrogens with one attached hydrogen (secondary N) is 1. The first kappa shape index (κ1) is 12.9. The van der Waals surface area contributed by atoms with Crippen LogP contribution >= 0.6 is 0 Å². The minimum Gasteiger partial charge on any atom is -0.351 e. The fourth-order valence-corrected chi connectivity index (χ4v) is 2.34. The van der Waals surface area contributed by atoms with Crippen molar-refractivity contribution in [3.63, 3.8) is 0 Å². The SMILES string of the molecule is NCCNC(=O)c1cnn(-c2ccccc2)c1C1CC1. The molecule has 0 spiro atoms. The quantitative estimate of drug-likeness (QED) is 0.863. The third-order valence-corrected chi connectivity index (χ3v) is 3.45. The highest BCUT2D eigenvalue weighted by molar-refractivity contribution is 5.95. The molecule has 1 amide bonds. The molecular weight excluding hydrogens is 252 g/mol.